The third-order valence-corrected chi connectivity index (χ3v) is 3.33. The zero-order chi connectivity index (χ0) is 10.0. The highest BCUT2D eigenvalue weighted by atomic mass is 16.3. The van der Waals surface area contributed by atoms with Gasteiger partial charge in [-0.15, -0.1) is 0 Å². The number of aliphatic hydroxyl groups is 1. The Bertz CT molecular complexity index is 279. The average Bonchev–Trinajstić information content (AvgIpc) is 2.19. The van der Waals surface area contributed by atoms with Gasteiger partial charge in [-0.05, 0) is 44.1 Å². The minimum atomic E-state index is -0.411. The minimum Gasteiger partial charge on any atom is -0.390 e. The van der Waals surface area contributed by atoms with Gasteiger partial charge >= 0.3 is 0 Å². The molecule has 0 heterocycles. The molecule has 0 saturated heterocycles. The smallest absolute Gasteiger partial charge is 0.0620 e. The normalized spacial score (nSPS) is 32.9. The zero-order valence-corrected chi connectivity index (χ0v) is 8.74. The molecule has 0 spiro atoms. The molecule has 1 aromatic rings. The Morgan fingerprint density at radius 2 is 1.71 bits per heavy atom. The highest BCUT2D eigenvalue weighted by Gasteiger charge is 2.28. The van der Waals surface area contributed by atoms with E-state index in [1.54, 1.807) is 0 Å². The molecular weight excluding hydrogens is 174 g/mol. The van der Waals surface area contributed by atoms with Gasteiger partial charge in [0.1, 0.15) is 0 Å². The molecule has 0 aromatic heterocycles. The summed E-state index contributed by atoms with van der Waals surface area (Å²) < 4.78 is 0. The lowest BCUT2D eigenvalue weighted by Crippen LogP contribution is -2.29. The molecule has 1 saturated carbocycles. The molecule has 1 N–H and O–H groups in total. The van der Waals surface area contributed by atoms with Gasteiger partial charge in [-0.3, -0.25) is 0 Å². The Hall–Kier alpha value is -0.820. The average molecular weight is 192 g/mol. The van der Waals surface area contributed by atoms with E-state index in [0.717, 1.165) is 25.7 Å². The molecule has 0 unspecified atom stereocenters. The molecule has 0 atom stereocenters. The summed E-state index contributed by atoms with van der Waals surface area (Å²) in [6.07, 6.45) is 4.12. The van der Waals surface area contributed by atoms with Gasteiger partial charge in [0.05, 0.1) is 5.60 Å². The summed E-state index contributed by atoms with van der Waals surface area (Å²) in [7, 11) is 0. The summed E-state index contributed by atoms with van der Waals surface area (Å²) in [6, 6.07) is 10.7. The lowest BCUT2D eigenvalue weighted by Gasteiger charge is -2.33. The van der Waals surface area contributed by atoms with E-state index in [0.29, 0.717) is 5.92 Å². The molecule has 1 aliphatic carbocycles. The van der Waals surface area contributed by atoms with Crippen LogP contribution in [0.5, 0.6) is 0 Å². The van der Waals surface area contributed by atoms with Crippen molar-refractivity contribution in [2.45, 2.75) is 44.1 Å². The first kappa shape index (κ1) is 9.72. The number of benzene rings is 1. The Labute approximate surface area is 85.8 Å². The van der Waals surface area contributed by atoms with Crippen molar-refractivity contribution >= 4 is 0 Å². The highest BCUT2D eigenvalue weighted by Crippen LogP contribution is 2.37. The summed E-state index contributed by atoms with van der Waals surface area (Å²) in [4.78, 5) is 0. The largest absolute Gasteiger partial charge is 0.390 e. The Morgan fingerprint density at radius 3 is 2.29 bits per heavy atom. The Morgan fingerprint density at radius 1 is 1.14 bits per heavy atom. The van der Waals surface area contributed by atoms with Crippen molar-refractivity contribution in [2.24, 2.45) is 0 Å². The lowest BCUT2D eigenvalue weighted by molar-refractivity contribution is 0.0172. The number of hydrogen-bond acceptors (Lipinski definition) is 1. The maximum absolute atomic E-state index is 9.84. The molecule has 1 fully saturated rings. The van der Waals surface area contributed by atoms with Crippen molar-refractivity contribution < 1.29 is 5.11 Å². The summed E-state index contributed by atoms with van der Waals surface area (Å²) >= 11 is 0. The van der Waals surface area contributed by atoms with Crippen molar-refractivity contribution in [2.75, 3.05) is 0 Å². The molecule has 0 radical (unpaired) electrons. The van der Waals surface area contributed by atoms with E-state index in [9.17, 15) is 5.11 Å². The predicted octanol–water partition coefficient (Wildman–Crippen LogP) is 3.10. The maximum atomic E-state index is 9.84. The van der Waals surface area contributed by atoms with Crippen LogP contribution in [0, 0.1) is 0 Å². The molecule has 76 valence electrons. The van der Waals surface area contributed by atoms with Crippen LogP contribution < -0.4 is 0 Å². The molecule has 14 heavy (non-hydrogen) atoms. The molecule has 1 aliphatic rings. The quantitative estimate of drug-likeness (QED) is 0.725. The van der Waals surface area contributed by atoms with Gasteiger partial charge in [-0.2, -0.15) is 0 Å². The standard InChI is InChI=1S/C13H18O/c1-13(14)9-7-12(8-10-13)11-5-3-2-4-6-11/h2-6,12,14H,7-10H2,1H3/i1+2. The SMILES string of the molecule is [14CH3]C1(O)CCC(c2ccccc2)CC1. The van der Waals surface area contributed by atoms with Gasteiger partial charge in [0.2, 0.25) is 0 Å². The van der Waals surface area contributed by atoms with Gasteiger partial charge in [0.25, 0.3) is 0 Å². The first-order valence-electron chi connectivity index (χ1n) is 5.45. The molecule has 0 amide bonds. The molecule has 1 heteroatoms. The molecule has 0 aliphatic heterocycles. The van der Waals surface area contributed by atoms with Crippen molar-refractivity contribution in [3.05, 3.63) is 35.9 Å². The van der Waals surface area contributed by atoms with E-state index in [1.807, 2.05) is 6.92 Å². The Kier molecular flexibility index (Phi) is 2.60. The van der Waals surface area contributed by atoms with Crippen molar-refractivity contribution in [1.82, 2.24) is 0 Å². The van der Waals surface area contributed by atoms with Crippen molar-refractivity contribution in [3.63, 3.8) is 0 Å². The summed E-state index contributed by atoms with van der Waals surface area (Å²) in [6.45, 7) is 1.95. The fraction of sp³-hybridized carbons (Fsp3) is 0.538. The van der Waals surface area contributed by atoms with E-state index >= 15 is 0 Å². The van der Waals surface area contributed by atoms with Gasteiger partial charge in [0.15, 0.2) is 0 Å². The monoisotopic (exact) mass is 192 g/mol. The second kappa shape index (κ2) is 3.74. The van der Waals surface area contributed by atoms with E-state index in [-0.39, 0.29) is 0 Å². The van der Waals surface area contributed by atoms with E-state index < -0.39 is 5.60 Å². The summed E-state index contributed by atoms with van der Waals surface area (Å²) in [5.41, 5.74) is 1.02. The van der Waals surface area contributed by atoms with Crippen LogP contribution in [0.25, 0.3) is 0 Å². The fourth-order valence-electron chi connectivity index (χ4n) is 2.30. The van der Waals surface area contributed by atoms with Gasteiger partial charge in [-0.1, -0.05) is 30.3 Å². The van der Waals surface area contributed by atoms with Crippen LogP contribution >= 0.6 is 0 Å². The highest BCUT2D eigenvalue weighted by molar-refractivity contribution is 5.20. The van der Waals surface area contributed by atoms with Crippen LogP contribution in [-0.2, 0) is 0 Å². The van der Waals surface area contributed by atoms with Crippen LogP contribution in [0.4, 0.5) is 0 Å². The van der Waals surface area contributed by atoms with Crippen LogP contribution in [0.15, 0.2) is 30.3 Å². The fourth-order valence-corrected chi connectivity index (χ4v) is 2.30. The molecule has 1 nitrogen and oxygen atoms in total. The van der Waals surface area contributed by atoms with E-state index in [4.69, 9.17) is 0 Å². The molecule has 2 rings (SSSR count). The number of hydrogen-bond donors (Lipinski definition) is 1. The van der Waals surface area contributed by atoms with Gasteiger partial charge in [-0.25, -0.2) is 0 Å². The van der Waals surface area contributed by atoms with Crippen LogP contribution in [-0.4, -0.2) is 10.7 Å². The van der Waals surface area contributed by atoms with Crippen molar-refractivity contribution in [1.29, 1.82) is 0 Å². The first-order valence-corrected chi connectivity index (χ1v) is 5.45. The van der Waals surface area contributed by atoms with Crippen LogP contribution in [0.2, 0.25) is 0 Å². The van der Waals surface area contributed by atoms with E-state index in [2.05, 4.69) is 30.3 Å². The minimum absolute atomic E-state index is 0.411. The third kappa shape index (κ3) is 2.16. The third-order valence-electron chi connectivity index (χ3n) is 3.33. The number of rotatable bonds is 1. The Balaban J connectivity index is 2.03. The molecule has 1 aromatic carbocycles. The zero-order valence-electron chi connectivity index (χ0n) is 8.74. The first-order chi connectivity index (χ1) is 6.67. The predicted molar refractivity (Wildman–Crippen MR) is 58.3 cm³/mol. The van der Waals surface area contributed by atoms with Crippen LogP contribution in [0.1, 0.15) is 44.1 Å². The molecule has 0 bridgehead atoms. The maximum Gasteiger partial charge on any atom is 0.0620 e. The van der Waals surface area contributed by atoms with Gasteiger partial charge in [0, 0.05) is 0 Å². The van der Waals surface area contributed by atoms with Crippen molar-refractivity contribution in [3.8, 4) is 0 Å². The van der Waals surface area contributed by atoms with Gasteiger partial charge < -0.3 is 5.11 Å². The second-order valence-corrected chi connectivity index (χ2v) is 4.68. The molecular formula is C13H18O. The van der Waals surface area contributed by atoms with E-state index in [1.165, 1.54) is 5.56 Å². The lowest BCUT2D eigenvalue weighted by atomic mass is 9.80. The second-order valence-electron chi connectivity index (χ2n) is 4.68. The van der Waals surface area contributed by atoms with Crippen LogP contribution in [0.3, 0.4) is 0 Å². The summed E-state index contributed by atoms with van der Waals surface area (Å²) in [5, 5.41) is 9.84. The summed E-state index contributed by atoms with van der Waals surface area (Å²) in [5.74, 6) is 0.663. The topological polar surface area (TPSA) is 20.2 Å².